The minimum Gasteiger partial charge on any atom is -0.480 e. The highest BCUT2D eigenvalue weighted by molar-refractivity contribution is 7.99. The van der Waals surface area contributed by atoms with Gasteiger partial charge in [0.05, 0.1) is 9.82 Å². The molecule has 0 aliphatic carbocycles. The van der Waals surface area contributed by atoms with Crippen molar-refractivity contribution in [1.29, 1.82) is 0 Å². The van der Waals surface area contributed by atoms with E-state index < -0.39 is 27.0 Å². The van der Waals surface area contributed by atoms with E-state index in [2.05, 4.69) is 37.6 Å². The minimum absolute atomic E-state index is 0.0503. The largest absolute Gasteiger partial charge is 0.480 e. The lowest BCUT2D eigenvalue weighted by atomic mass is 10.1. The van der Waals surface area contributed by atoms with Crippen LogP contribution in [0.5, 0.6) is 0 Å². The number of sulfonamides is 1. The lowest BCUT2D eigenvalue weighted by molar-refractivity contribution is -0.384. The highest BCUT2D eigenvalue weighted by Crippen LogP contribution is 2.17. The molecule has 0 heterocycles. The molecule has 0 saturated carbocycles. The number of non-ortho nitro benzene ring substituents is 1. The molecule has 1 aromatic rings. The summed E-state index contributed by atoms with van der Waals surface area (Å²) in [7, 11) is -4.12. The van der Waals surface area contributed by atoms with Crippen LogP contribution in [0.3, 0.4) is 0 Å². The second kappa shape index (κ2) is 14.7. The van der Waals surface area contributed by atoms with E-state index in [4.69, 9.17) is 0 Å². The Labute approximate surface area is 206 Å². The summed E-state index contributed by atoms with van der Waals surface area (Å²) in [6.07, 6.45) is 10.5. The number of benzene rings is 1. The first-order valence-corrected chi connectivity index (χ1v) is 13.6. The summed E-state index contributed by atoms with van der Waals surface area (Å²) in [4.78, 5) is 21.4. The van der Waals surface area contributed by atoms with Crippen molar-refractivity contribution < 1.29 is 23.2 Å². The third kappa shape index (κ3) is 11.6. The van der Waals surface area contributed by atoms with Crippen molar-refractivity contribution in [1.82, 2.24) is 4.72 Å². The maximum Gasteiger partial charge on any atom is 0.322 e. The van der Waals surface area contributed by atoms with Crippen LogP contribution in [0, 0.1) is 10.1 Å². The number of carboxylic acids is 1. The molecule has 2 N–H and O–H groups in total. The van der Waals surface area contributed by atoms with Gasteiger partial charge in [-0.2, -0.15) is 16.5 Å². The number of hydrogen-bond acceptors (Lipinski definition) is 6. The SMILES string of the molecule is CC(C)=CCC/C(C)=C/CC/C(C)=C/CSC[C@H](NS(=O)(=O)c1ccc([N+](=O)[O-])cc1)C(=O)O. The predicted molar refractivity (Wildman–Crippen MR) is 138 cm³/mol. The average Bonchev–Trinajstić information content (AvgIpc) is 2.75. The molecule has 0 aromatic heterocycles. The van der Waals surface area contributed by atoms with E-state index >= 15 is 0 Å². The van der Waals surface area contributed by atoms with Gasteiger partial charge in [0.1, 0.15) is 6.04 Å². The highest BCUT2D eigenvalue weighted by Gasteiger charge is 2.25. The Kier molecular flexibility index (Phi) is 12.8. The number of nitrogens with zero attached hydrogens (tertiary/aromatic N) is 1. The van der Waals surface area contributed by atoms with Gasteiger partial charge < -0.3 is 5.11 Å². The fourth-order valence-corrected chi connectivity index (χ4v) is 5.18. The third-order valence-corrected chi connectivity index (χ3v) is 7.37. The molecule has 1 rings (SSSR count). The van der Waals surface area contributed by atoms with Gasteiger partial charge in [0.15, 0.2) is 0 Å². The molecule has 10 heteroatoms. The average molecular weight is 511 g/mol. The van der Waals surface area contributed by atoms with Gasteiger partial charge >= 0.3 is 5.97 Å². The van der Waals surface area contributed by atoms with Crippen LogP contribution in [-0.2, 0) is 14.8 Å². The van der Waals surface area contributed by atoms with E-state index in [1.54, 1.807) is 0 Å². The fraction of sp³-hybridized carbons (Fsp3) is 0.458. The Hall–Kier alpha value is -2.43. The van der Waals surface area contributed by atoms with Crippen LogP contribution >= 0.6 is 11.8 Å². The number of carboxylic acid groups (broad SMARTS) is 1. The molecular formula is C24H34N2O6S2. The highest BCUT2D eigenvalue weighted by atomic mass is 32.2. The number of allylic oxidation sites excluding steroid dienone is 5. The molecule has 0 aliphatic rings. The number of carbonyl (C=O) groups is 1. The van der Waals surface area contributed by atoms with Gasteiger partial charge in [-0.1, -0.05) is 34.9 Å². The zero-order chi connectivity index (χ0) is 25.7. The van der Waals surface area contributed by atoms with Crippen LogP contribution in [0.25, 0.3) is 0 Å². The van der Waals surface area contributed by atoms with Gasteiger partial charge in [-0.3, -0.25) is 14.9 Å². The first kappa shape index (κ1) is 29.6. The lowest BCUT2D eigenvalue weighted by Crippen LogP contribution is -2.42. The monoisotopic (exact) mass is 510 g/mol. The van der Waals surface area contributed by atoms with Crippen LogP contribution < -0.4 is 4.72 Å². The summed E-state index contributed by atoms with van der Waals surface area (Å²) in [5, 5.41) is 20.1. The number of aliphatic carboxylic acids is 1. The van der Waals surface area contributed by atoms with Crippen LogP contribution in [0.1, 0.15) is 53.4 Å². The van der Waals surface area contributed by atoms with E-state index in [0.717, 1.165) is 49.9 Å². The second-order valence-corrected chi connectivity index (χ2v) is 11.0. The normalized spacial score (nSPS) is 13.4. The summed E-state index contributed by atoms with van der Waals surface area (Å²) in [6.45, 7) is 8.35. The van der Waals surface area contributed by atoms with Gasteiger partial charge in [-0.15, -0.1) is 0 Å². The summed E-state index contributed by atoms with van der Waals surface area (Å²) in [5.41, 5.74) is 3.64. The summed E-state index contributed by atoms with van der Waals surface area (Å²) < 4.78 is 27.1. The van der Waals surface area contributed by atoms with Gasteiger partial charge in [0.2, 0.25) is 10.0 Å². The molecule has 0 spiro atoms. The van der Waals surface area contributed by atoms with Crippen LogP contribution in [-0.4, -0.2) is 42.0 Å². The molecule has 8 nitrogen and oxygen atoms in total. The van der Waals surface area contributed by atoms with Crippen molar-refractivity contribution in [2.24, 2.45) is 0 Å². The molecule has 0 unspecified atom stereocenters. The van der Waals surface area contributed by atoms with Crippen molar-refractivity contribution >= 4 is 33.4 Å². The van der Waals surface area contributed by atoms with Gasteiger partial charge in [0, 0.05) is 23.6 Å². The van der Waals surface area contributed by atoms with E-state index in [0.29, 0.717) is 5.75 Å². The smallest absolute Gasteiger partial charge is 0.322 e. The predicted octanol–water partition coefficient (Wildman–Crippen LogP) is 5.48. The van der Waals surface area contributed by atoms with E-state index in [-0.39, 0.29) is 16.3 Å². The Morgan fingerprint density at radius 2 is 1.62 bits per heavy atom. The van der Waals surface area contributed by atoms with E-state index in [1.165, 1.54) is 28.5 Å². The molecule has 34 heavy (non-hydrogen) atoms. The zero-order valence-corrected chi connectivity index (χ0v) is 21.7. The zero-order valence-electron chi connectivity index (χ0n) is 20.1. The number of hydrogen-bond donors (Lipinski definition) is 2. The second-order valence-electron chi connectivity index (χ2n) is 8.26. The molecule has 0 bridgehead atoms. The Balaban J connectivity index is 2.54. The quantitative estimate of drug-likeness (QED) is 0.138. The first-order chi connectivity index (χ1) is 15.9. The van der Waals surface area contributed by atoms with Gasteiger partial charge in [-0.05, 0) is 65.5 Å². The van der Waals surface area contributed by atoms with E-state index in [1.807, 2.05) is 13.0 Å². The van der Waals surface area contributed by atoms with Crippen molar-refractivity contribution in [2.75, 3.05) is 11.5 Å². The van der Waals surface area contributed by atoms with Crippen LogP contribution in [0.15, 0.2) is 64.1 Å². The van der Waals surface area contributed by atoms with Crippen LogP contribution in [0.2, 0.25) is 0 Å². The van der Waals surface area contributed by atoms with Gasteiger partial charge in [0.25, 0.3) is 5.69 Å². The Morgan fingerprint density at radius 3 is 2.15 bits per heavy atom. The van der Waals surface area contributed by atoms with Crippen molar-refractivity contribution in [3.8, 4) is 0 Å². The fourth-order valence-electron chi connectivity index (χ4n) is 2.88. The molecule has 188 valence electrons. The van der Waals surface area contributed by atoms with Crippen molar-refractivity contribution in [3.63, 3.8) is 0 Å². The number of thioether (sulfide) groups is 1. The third-order valence-electron chi connectivity index (χ3n) is 4.91. The summed E-state index contributed by atoms with van der Waals surface area (Å²) in [5.74, 6) is -0.667. The molecular weight excluding hydrogens is 476 g/mol. The molecule has 0 amide bonds. The minimum atomic E-state index is -4.12. The maximum atomic E-state index is 12.5. The summed E-state index contributed by atoms with van der Waals surface area (Å²) in [6, 6.07) is 2.97. The van der Waals surface area contributed by atoms with E-state index in [9.17, 15) is 28.4 Å². The number of nitro benzene ring substituents is 1. The molecule has 0 aliphatic heterocycles. The summed E-state index contributed by atoms with van der Waals surface area (Å²) >= 11 is 1.32. The standard InChI is InChI=1S/C24H34N2O6S2/c1-18(2)7-5-8-19(3)9-6-10-20(4)15-16-33-17-23(24(27)28)25-34(31,32)22-13-11-21(12-14-22)26(29)30/h7,9,11-15,23,25H,5-6,8,10,16-17H2,1-4H3,(H,27,28)/b19-9+,20-15+/t23-/m0/s1. The topological polar surface area (TPSA) is 127 Å². The molecule has 0 saturated heterocycles. The maximum absolute atomic E-state index is 12.5. The van der Waals surface area contributed by atoms with Crippen molar-refractivity contribution in [2.45, 2.75) is 64.3 Å². The van der Waals surface area contributed by atoms with Gasteiger partial charge in [-0.25, -0.2) is 8.42 Å². The Bertz CT molecular complexity index is 1020. The molecule has 1 atom stereocenters. The molecule has 0 fully saturated rings. The van der Waals surface area contributed by atoms with Crippen LogP contribution in [0.4, 0.5) is 5.69 Å². The number of rotatable bonds is 15. The number of nitrogens with one attached hydrogen (secondary N) is 1. The lowest BCUT2D eigenvalue weighted by Gasteiger charge is -2.14. The number of nitro groups is 1. The molecule has 0 radical (unpaired) electrons. The first-order valence-electron chi connectivity index (χ1n) is 10.9. The van der Waals surface area contributed by atoms with Crippen molar-refractivity contribution in [3.05, 3.63) is 69.3 Å². The molecule has 1 aromatic carbocycles. The Morgan fingerprint density at radius 1 is 1.06 bits per heavy atom.